The van der Waals surface area contributed by atoms with E-state index in [4.69, 9.17) is 23.2 Å². The predicted molar refractivity (Wildman–Crippen MR) is 68.3 cm³/mol. The summed E-state index contributed by atoms with van der Waals surface area (Å²) in [5.41, 5.74) is 0.359. The fraction of sp³-hybridized carbons (Fsp3) is 0.417. The average Bonchev–Trinajstić information content (AvgIpc) is 2.25. The zero-order chi connectivity index (χ0) is 12.1. The molecule has 0 bridgehead atoms. The predicted octanol–water partition coefficient (Wildman–Crippen LogP) is 3.91. The molecular formula is C12H15Cl2NO. The topological polar surface area (TPSA) is 29.1 Å². The number of amides is 1. The molecular weight excluding hydrogens is 245 g/mol. The van der Waals surface area contributed by atoms with E-state index in [9.17, 15) is 4.79 Å². The summed E-state index contributed by atoms with van der Waals surface area (Å²) in [6.07, 6.45) is 1.79. The first-order valence-electron chi connectivity index (χ1n) is 5.35. The SMILES string of the molecule is CCC(CC)NC(=O)c1c(Cl)cccc1Cl. The van der Waals surface area contributed by atoms with Gasteiger partial charge < -0.3 is 5.32 Å². The molecule has 1 amide bonds. The van der Waals surface area contributed by atoms with Crippen molar-refractivity contribution in [2.75, 3.05) is 0 Å². The lowest BCUT2D eigenvalue weighted by molar-refractivity contribution is 0.0935. The van der Waals surface area contributed by atoms with Crippen LogP contribution >= 0.6 is 23.2 Å². The summed E-state index contributed by atoms with van der Waals surface area (Å²) in [5, 5.41) is 3.68. The van der Waals surface area contributed by atoms with Crippen LogP contribution in [0.5, 0.6) is 0 Å². The number of hydrogen-bond donors (Lipinski definition) is 1. The Bertz CT molecular complexity index is 355. The largest absolute Gasteiger partial charge is 0.349 e. The van der Waals surface area contributed by atoms with Crippen molar-refractivity contribution in [2.24, 2.45) is 0 Å². The van der Waals surface area contributed by atoms with Crippen LogP contribution in [0.2, 0.25) is 10.0 Å². The van der Waals surface area contributed by atoms with Crippen molar-refractivity contribution in [2.45, 2.75) is 32.7 Å². The molecule has 88 valence electrons. The van der Waals surface area contributed by atoms with E-state index in [1.54, 1.807) is 18.2 Å². The summed E-state index contributed by atoms with van der Waals surface area (Å²) in [7, 11) is 0. The third-order valence-electron chi connectivity index (χ3n) is 2.51. The molecule has 0 aromatic heterocycles. The van der Waals surface area contributed by atoms with Gasteiger partial charge in [-0.25, -0.2) is 0 Å². The van der Waals surface area contributed by atoms with Gasteiger partial charge in [-0.15, -0.1) is 0 Å². The van der Waals surface area contributed by atoms with Crippen LogP contribution in [0.4, 0.5) is 0 Å². The molecule has 0 aliphatic carbocycles. The molecule has 0 saturated heterocycles. The zero-order valence-electron chi connectivity index (χ0n) is 9.39. The molecule has 2 nitrogen and oxygen atoms in total. The second kappa shape index (κ2) is 6.12. The van der Waals surface area contributed by atoms with Crippen molar-refractivity contribution >= 4 is 29.1 Å². The third-order valence-corrected chi connectivity index (χ3v) is 3.14. The molecule has 0 spiro atoms. The molecule has 0 saturated carbocycles. The van der Waals surface area contributed by atoms with Crippen molar-refractivity contribution in [3.05, 3.63) is 33.8 Å². The van der Waals surface area contributed by atoms with Crippen LogP contribution in [0.1, 0.15) is 37.0 Å². The molecule has 0 heterocycles. The van der Waals surface area contributed by atoms with E-state index in [2.05, 4.69) is 5.32 Å². The first-order valence-corrected chi connectivity index (χ1v) is 6.10. The van der Waals surface area contributed by atoms with Gasteiger partial charge in [-0.05, 0) is 25.0 Å². The van der Waals surface area contributed by atoms with Crippen molar-refractivity contribution < 1.29 is 4.79 Å². The van der Waals surface area contributed by atoms with Crippen molar-refractivity contribution in [1.82, 2.24) is 5.32 Å². The first-order chi connectivity index (χ1) is 7.60. The van der Waals surface area contributed by atoms with Crippen LogP contribution < -0.4 is 5.32 Å². The standard InChI is InChI=1S/C12H15Cl2NO/c1-3-8(4-2)15-12(16)11-9(13)6-5-7-10(11)14/h5-8H,3-4H2,1-2H3,(H,15,16). The fourth-order valence-electron chi connectivity index (χ4n) is 1.47. The number of rotatable bonds is 4. The maximum atomic E-state index is 11.9. The van der Waals surface area contributed by atoms with E-state index >= 15 is 0 Å². The normalized spacial score (nSPS) is 10.6. The van der Waals surface area contributed by atoms with Crippen LogP contribution in [0.25, 0.3) is 0 Å². The molecule has 1 aromatic rings. The summed E-state index contributed by atoms with van der Waals surface area (Å²) in [4.78, 5) is 11.9. The second-order valence-electron chi connectivity index (χ2n) is 3.58. The van der Waals surface area contributed by atoms with Gasteiger partial charge in [0.1, 0.15) is 0 Å². The molecule has 0 unspecified atom stereocenters. The van der Waals surface area contributed by atoms with Crippen molar-refractivity contribution in [3.63, 3.8) is 0 Å². The second-order valence-corrected chi connectivity index (χ2v) is 4.40. The van der Waals surface area contributed by atoms with Crippen LogP contribution in [0.3, 0.4) is 0 Å². The Kier molecular flexibility index (Phi) is 5.10. The Morgan fingerprint density at radius 3 is 2.19 bits per heavy atom. The Morgan fingerprint density at radius 1 is 1.25 bits per heavy atom. The van der Waals surface area contributed by atoms with Gasteiger partial charge >= 0.3 is 0 Å². The smallest absolute Gasteiger partial charge is 0.254 e. The van der Waals surface area contributed by atoms with E-state index in [1.165, 1.54) is 0 Å². The Balaban J connectivity index is 2.88. The van der Waals surface area contributed by atoms with Crippen LogP contribution in [-0.4, -0.2) is 11.9 Å². The van der Waals surface area contributed by atoms with Gasteiger partial charge in [-0.3, -0.25) is 4.79 Å². The number of carbonyl (C=O) groups is 1. The molecule has 1 N–H and O–H groups in total. The van der Waals surface area contributed by atoms with Crippen LogP contribution in [-0.2, 0) is 0 Å². The van der Waals surface area contributed by atoms with Crippen molar-refractivity contribution in [3.8, 4) is 0 Å². The molecule has 0 aliphatic heterocycles. The van der Waals surface area contributed by atoms with Gasteiger partial charge in [0.25, 0.3) is 5.91 Å². The number of halogens is 2. The van der Waals surface area contributed by atoms with Crippen molar-refractivity contribution in [1.29, 1.82) is 0 Å². The summed E-state index contributed by atoms with van der Waals surface area (Å²) in [6, 6.07) is 5.21. The van der Waals surface area contributed by atoms with Crippen LogP contribution in [0, 0.1) is 0 Å². The van der Waals surface area contributed by atoms with E-state index < -0.39 is 0 Å². The monoisotopic (exact) mass is 259 g/mol. The molecule has 0 radical (unpaired) electrons. The number of nitrogens with one attached hydrogen (secondary N) is 1. The highest BCUT2D eigenvalue weighted by atomic mass is 35.5. The molecule has 1 aromatic carbocycles. The minimum Gasteiger partial charge on any atom is -0.349 e. The lowest BCUT2D eigenvalue weighted by Crippen LogP contribution is -2.34. The maximum Gasteiger partial charge on any atom is 0.254 e. The average molecular weight is 260 g/mol. The molecule has 0 atom stereocenters. The maximum absolute atomic E-state index is 11.9. The minimum atomic E-state index is -0.204. The third kappa shape index (κ3) is 3.13. The van der Waals surface area contributed by atoms with Gasteiger partial charge in [-0.1, -0.05) is 43.1 Å². The van der Waals surface area contributed by atoms with Gasteiger partial charge in [0, 0.05) is 6.04 Å². The van der Waals surface area contributed by atoms with Gasteiger partial charge in [0.05, 0.1) is 15.6 Å². The Morgan fingerprint density at radius 2 is 1.75 bits per heavy atom. The number of hydrogen-bond acceptors (Lipinski definition) is 1. The molecule has 0 aliphatic rings. The highest BCUT2D eigenvalue weighted by molar-refractivity contribution is 6.39. The van der Waals surface area contributed by atoms with Gasteiger partial charge in [0.15, 0.2) is 0 Å². The first kappa shape index (κ1) is 13.3. The lowest BCUT2D eigenvalue weighted by Gasteiger charge is -2.15. The van der Waals surface area contributed by atoms with Gasteiger partial charge in [0.2, 0.25) is 0 Å². The van der Waals surface area contributed by atoms with E-state index in [1.807, 2.05) is 13.8 Å². The molecule has 0 fully saturated rings. The van der Waals surface area contributed by atoms with E-state index in [0.717, 1.165) is 12.8 Å². The molecule has 4 heteroatoms. The fourth-order valence-corrected chi connectivity index (χ4v) is 2.03. The minimum absolute atomic E-state index is 0.167. The summed E-state index contributed by atoms with van der Waals surface area (Å²) < 4.78 is 0. The van der Waals surface area contributed by atoms with Gasteiger partial charge in [-0.2, -0.15) is 0 Å². The summed E-state index contributed by atoms with van der Waals surface area (Å²) >= 11 is 11.9. The summed E-state index contributed by atoms with van der Waals surface area (Å²) in [5.74, 6) is -0.204. The quantitative estimate of drug-likeness (QED) is 0.873. The van der Waals surface area contributed by atoms with Crippen LogP contribution in [0.15, 0.2) is 18.2 Å². The Hall–Kier alpha value is -0.730. The highest BCUT2D eigenvalue weighted by Crippen LogP contribution is 2.24. The lowest BCUT2D eigenvalue weighted by atomic mass is 10.1. The number of benzene rings is 1. The molecule has 16 heavy (non-hydrogen) atoms. The van der Waals surface area contributed by atoms with E-state index in [0.29, 0.717) is 15.6 Å². The summed E-state index contributed by atoms with van der Waals surface area (Å²) in [6.45, 7) is 4.06. The Labute approximate surface area is 106 Å². The highest BCUT2D eigenvalue weighted by Gasteiger charge is 2.16. The van der Waals surface area contributed by atoms with E-state index in [-0.39, 0.29) is 11.9 Å². The zero-order valence-corrected chi connectivity index (χ0v) is 10.9. The molecule has 1 rings (SSSR count). The number of carbonyl (C=O) groups excluding carboxylic acids is 1.